The molecule has 0 aliphatic carbocycles. The standard InChI is InChI=1S/C19H17ClN8/c20-15-11-22-19(23-12-15)27-8-5-13(6-9-27)18-25-24-17-4-3-16(26-28(17)18)14-2-1-7-21-10-14/h1-4,7,10-13H,5-6,8-9H2. The number of hydrogen-bond acceptors (Lipinski definition) is 7. The van der Waals surface area contributed by atoms with E-state index in [0.717, 1.165) is 48.7 Å². The Balaban J connectivity index is 1.39. The van der Waals surface area contributed by atoms with Gasteiger partial charge in [0.15, 0.2) is 11.5 Å². The third kappa shape index (κ3) is 3.16. The second kappa shape index (κ2) is 7.12. The van der Waals surface area contributed by atoms with Crippen LogP contribution >= 0.6 is 11.6 Å². The van der Waals surface area contributed by atoms with Gasteiger partial charge in [-0.15, -0.1) is 10.2 Å². The van der Waals surface area contributed by atoms with Crippen LogP contribution in [0.1, 0.15) is 24.6 Å². The number of aromatic nitrogens is 7. The van der Waals surface area contributed by atoms with Crippen LogP contribution in [0.4, 0.5) is 5.95 Å². The highest BCUT2D eigenvalue weighted by Crippen LogP contribution is 2.29. The van der Waals surface area contributed by atoms with Gasteiger partial charge in [-0.25, -0.2) is 9.97 Å². The van der Waals surface area contributed by atoms with E-state index in [4.69, 9.17) is 16.7 Å². The molecule has 28 heavy (non-hydrogen) atoms. The van der Waals surface area contributed by atoms with E-state index in [0.29, 0.717) is 11.0 Å². The van der Waals surface area contributed by atoms with Crippen molar-refractivity contribution in [3.05, 3.63) is 59.9 Å². The van der Waals surface area contributed by atoms with Crippen LogP contribution in [-0.2, 0) is 0 Å². The number of hydrogen-bond donors (Lipinski definition) is 0. The van der Waals surface area contributed by atoms with E-state index in [1.807, 2.05) is 35.0 Å². The minimum atomic E-state index is 0.287. The first-order chi connectivity index (χ1) is 13.8. The summed E-state index contributed by atoms with van der Waals surface area (Å²) in [5, 5.41) is 14.0. The molecule has 0 radical (unpaired) electrons. The lowest BCUT2D eigenvalue weighted by atomic mass is 9.96. The van der Waals surface area contributed by atoms with Gasteiger partial charge in [-0.1, -0.05) is 11.6 Å². The van der Waals surface area contributed by atoms with E-state index in [1.54, 1.807) is 18.6 Å². The third-order valence-corrected chi connectivity index (χ3v) is 5.19. The maximum Gasteiger partial charge on any atom is 0.225 e. The van der Waals surface area contributed by atoms with Crippen molar-refractivity contribution < 1.29 is 0 Å². The second-order valence-electron chi connectivity index (χ2n) is 6.75. The first-order valence-corrected chi connectivity index (χ1v) is 9.51. The number of halogens is 1. The molecule has 0 aromatic carbocycles. The lowest BCUT2D eigenvalue weighted by Gasteiger charge is -2.30. The van der Waals surface area contributed by atoms with Gasteiger partial charge in [0.05, 0.1) is 23.1 Å². The Labute approximate surface area is 166 Å². The molecule has 1 saturated heterocycles. The highest BCUT2D eigenvalue weighted by Gasteiger charge is 2.26. The average Bonchev–Trinajstić information content (AvgIpc) is 3.18. The molecule has 4 aromatic rings. The first-order valence-electron chi connectivity index (χ1n) is 9.13. The maximum absolute atomic E-state index is 5.88. The van der Waals surface area contributed by atoms with Crippen LogP contribution in [0.2, 0.25) is 5.02 Å². The highest BCUT2D eigenvalue weighted by molar-refractivity contribution is 6.30. The summed E-state index contributed by atoms with van der Waals surface area (Å²) < 4.78 is 1.86. The van der Waals surface area contributed by atoms with Gasteiger partial charge in [0.1, 0.15) is 0 Å². The Bertz CT molecular complexity index is 1090. The molecule has 0 spiro atoms. The van der Waals surface area contributed by atoms with Crippen molar-refractivity contribution in [1.29, 1.82) is 0 Å². The van der Waals surface area contributed by atoms with Crippen molar-refractivity contribution in [2.24, 2.45) is 0 Å². The van der Waals surface area contributed by atoms with E-state index in [-0.39, 0.29) is 5.92 Å². The predicted molar refractivity (Wildman–Crippen MR) is 105 cm³/mol. The predicted octanol–water partition coefficient (Wildman–Crippen LogP) is 3.01. The molecule has 0 N–H and O–H groups in total. The van der Waals surface area contributed by atoms with Crippen LogP contribution in [0.15, 0.2) is 49.1 Å². The van der Waals surface area contributed by atoms with Crippen LogP contribution in [0.3, 0.4) is 0 Å². The Kier molecular flexibility index (Phi) is 4.32. The molecule has 1 fully saturated rings. The zero-order chi connectivity index (χ0) is 18.9. The van der Waals surface area contributed by atoms with Gasteiger partial charge in [-0.2, -0.15) is 9.61 Å². The molecule has 5 rings (SSSR count). The fraction of sp³-hybridized carbons (Fsp3) is 0.263. The summed E-state index contributed by atoms with van der Waals surface area (Å²) in [6.07, 6.45) is 8.70. The Morgan fingerprint density at radius 2 is 1.79 bits per heavy atom. The van der Waals surface area contributed by atoms with Crippen molar-refractivity contribution in [3.8, 4) is 11.3 Å². The molecular formula is C19H17ClN8. The first kappa shape index (κ1) is 17.0. The SMILES string of the molecule is Clc1cnc(N2CCC(c3nnc4ccc(-c5cccnc5)nn34)CC2)nc1. The van der Waals surface area contributed by atoms with Crippen molar-refractivity contribution in [2.75, 3.05) is 18.0 Å². The normalized spacial score (nSPS) is 15.2. The lowest BCUT2D eigenvalue weighted by molar-refractivity contribution is 0.473. The van der Waals surface area contributed by atoms with Crippen LogP contribution in [0.25, 0.3) is 16.9 Å². The fourth-order valence-electron chi connectivity index (χ4n) is 3.53. The van der Waals surface area contributed by atoms with Crippen molar-refractivity contribution >= 4 is 23.2 Å². The number of nitrogens with zero attached hydrogens (tertiary/aromatic N) is 8. The van der Waals surface area contributed by atoms with E-state index in [9.17, 15) is 0 Å². The molecule has 1 aliphatic rings. The average molecular weight is 393 g/mol. The maximum atomic E-state index is 5.88. The molecule has 0 unspecified atom stereocenters. The number of rotatable bonds is 3. The molecule has 140 valence electrons. The number of piperidine rings is 1. The largest absolute Gasteiger partial charge is 0.341 e. The third-order valence-electron chi connectivity index (χ3n) is 4.99. The van der Waals surface area contributed by atoms with E-state index < -0.39 is 0 Å². The second-order valence-corrected chi connectivity index (χ2v) is 7.19. The van der Waals surface area contributed by atoms with Gasteiger partial charge < -0.3 is 4.90 Å². The molecule has 0 bridgehead atoms. The monoisotopic (exact) mass is 392 g/mol. The van der Waals surface area contributed by atoms with Crippen LogP contribution < -0.4 is 4.90 Å². The van der Waals surface area contributed by atoms with Gasteiger partial charge in [0.25, 0.3) is 0 Å². The molecule has 8 nitrogen and oxygen atoms in total. The minimum Gasteiger partial charge on any atom is -0.341 e. The van der Waals surface area contributed by atoms with E-state index >= 15 is 0 Å². The smallest absolute Gasteiger partial charge is 0.225 e. The molecular weight excluding hydrogens is 376 g/mol. The molecule has 0 saturated carbocycles. The molecule has 5 heterocycles. The summed E-state index contributed by atoms with van der Waals surface area (Å²) in [6, 6.07) is 7.80. The van der Waals surface area contributed by atoms with Crippen molar-refractivity contribution in [2.45, 2.75) is 18.8 Å². The van der Waals surface area contributed by atoms with Crippen LogP contribution in [-0.4, -0.2) is 47.9 Å². The quantitative estimate of drug-likeness (QED) is 0.529. The van der Waals surface area contributed by atoms with E-state index in [2.05, 4.69) is 30.0 Å². The number of anilines is 1. The minimum absolute atomic E-state index is 0.287. The Morgan fingerprint density at radius 1 is 0.964 bits per heavy atom. The lowest BCUT2D eigenvalue weighted by Crippen LogP contribution is -2.34. The van der Waals surface area contributed by atoms with Gasteiger partial charge in [-0.05, 0) is 37.1 Å². The Hall–Kier alpha value is -3.13. The summed E-state index contributed by atoms with van der Waals surface area (Å²) in [5.41, 5.74) is 2.58. The summed E-state index contributed by atoms with van der Waals surface area (Å²) in [5.74, 6) is 1.90. The Morgan fingerprint density at radius 3 is 2.54 bits per heavy atom. The van der Waals surface area contributed by atoms with Crippen LogP contribution in [0.5, 0.6) is 0 Å². The topological polar surface area (TPSA) is 85.0 Å². The summed E-state index contributed by atoms with van der Waals surface area (Å²) >= 11 is 5.88. The molecule has 0 atom stereocenters. The molecule has 4 aromatic heterocycles. The van der Waals surface area contributed by atoms with Crippen molar-refractivity contribution in [1.82, 2.24) is 34.8 Å². The van der Waals surface area contributed by atoms with Crippen molar-refractivity contribution in [3.63, 3.8) is 0 Å². The van der Waals surface area contributed by atoms with Gasteiger partial charge >= 0.3 is 0 Å². The fourth-order valence-corrected chi connectivity index (χ4v) is 3.63. The van der Waals surface area contributed by atoms with Gasteiger partial charge in [-0.3, -0.25) is 4.98 Å². The van der Waals surface area contributed by atoms with Gasteiger partial charge in [0.2, 0.25) is 5.95 Å². The zero-order valence-electron chi connectivity index (χ0n) is 15.0. The van der Waals surface area contributed by atoms with Gasteiger partial charge in [0, 0.05) is 37.0 Å². The summed E-state index contributed by atoms with van der Waals surface area (Å²) in [6.45, 7) is 1.70. The molecule has 9 heteroatoms. The number of pyridine rings is 1. The molecule has 1 aliphatic heterocycles. The van der Waals surface area contributed by atoms with E-state index in [1.165, 1.54) is 0 Å². The summed E-state index contributed by atoms with van der Waals surface area (Å²) in [7, 11) is 0. The van der Waals surface area contributed by atoms with Crippen LogP contribution in [0, 0.1) is 0 Å². The summed E-state index contributed by atoms with van der Waals surface area (Å²) in [4.78, 5) is 15.0. The highest BCUT2D eigenvalue weighted by atomic mass is 35.5. The molecule has 0 amide bonds. The zero-order valence-corrected chi connectivity index (χ0v) is 15.7. The number of fused-ring (bicyclic) bond motifs is 1.